The summed E-state index contributed by atoms with van der Waals surface area (Å²) in [4.78, 5) is 6.92. The van der Waals surface area contributed by atoms with E-state index < -0.39 is 0 Å². The average molecular weight is 364 g/mol. The minimum absolute atomic E-state index is 0.694. The van der Waals surface area contributed by atoms with Gasteiger partial charge < -0.3 is 9.64 Å². The van der Waals surface area contributed by atoms with Crippen molar-refractivity contribution in [3.8, 4) is 22.8 Å². The minimum Gasteiger partial charge on any atom is -0.497 e. The SMILES string of the molecule is CCCCc1cccc(-c2nc(CN(C)C)nn2-c2cccc(OC)c2)c1. The second-order valence-corrected chi connectivity index (χ2v) is 7.01. The van der Waals surface area contributed by atoms with Crippen molar-refractivity contribution < 1.29 is 4.74 Å². The monoisotopic (exact) mass is 364 g/mol. The molecule has 5 heteroatoms. The number of rotatable bonds is 8. The van der Waals surface area contributed by atoms with Gasteiger partial charge >= 0.3 is 0 Å². The van der Waals surface area contributed by atoms with Crippen LogP contribution >= 0.6 is 0 Å². The quantitative estimate of drug-likeness (QED) is 0.596. The first-order chi connectivity index (χ1) is 13.1. The second-order valence-electron chi connectivity index (χ2n) is 7.01. The largest absolute Gasteiger partial charge is 0.497 e. The van der Waals surface area contributed by atoms with E-state index in [4.69, 9.17) is 14.8 Å². The van der Waals surface area contributed by atoms with E-state index >= 15 is 0 Å². The van der Waals surface area contributed by atoms with E-state index in [1.54, 1.807) is 7.11 Å². The molecule has 0 aliphatic carbocycles. The predicted molar refractivity (Wildman–Crippen MR) is 109 cm³/mol. The van der Waals surface area contributed by atoms with Crippen LogP contribution in [-0.4, -0.2) is 40.9 Å². The fourth-order valence-corrected chi connectivity index (χ4v) is 3.06. The average Bonchev–Trinajstić information content (AvgIpc) is 3.09. The molecule has 0 unspecified atom stereocenters. The smallest absolute Gasteiger partial charge is 0.165 e. The van der Waals surface area contributed by atoms with Crippen LogP contribution in [0.25, 0.3) is 17.1 Å². The molecule has 1 heterocycles. The standard InChI is InChI=1S/C22H28N4O/c1-5-6-9-17-10-7-11-18(14-17)22-23-21(16-25(2)3)24-26(22)19-12-8-13-20(15-19)27-4/h7-8,10-15H,5-6,9,16H2,1-4H3. The third kappa shape index (κ3) is 4.74. The molecule has 3 aromatic rings. The summed E-state index contributed by atoms with van der Waals surface area (Å²) in [6.07, 6.45) is 3.47. The maximum Gasteiger partial charge on any atom is 0.165 e. The summed E-state index contributed by atoms with van der Waals surface area (Å²) in [5.74, 6) is 2.47. The molecule has 142 valence electrons. The van der Waals surface area contributed by atoms with Gasteiger partial charge in [0.1, 0.15) is 5.75 Å². The number of unbranched alkanes of at least 4 members (excludes halogenated alkanes) is 1. The van der Waals surface area contributed by atoms with Crippen molar-refractivity contribution in [2.24, 2.45) is 0 Å². The first-order valence-electron chi connectivity index (χ1n) is 9.45. The van der Waals surface area contributed by atoms with Crippen LogP contribution in [0.15, 0.2) is 48.5 Å². The maximum atomic E-state index is 5.39. The number of methoxy groups -OCH3 is 1. The highest BCUT2D eigenvalue weighted by molar-refractivity contribution is 5.59. The molecule has 0 bridgehead atoms. The summed E-state index contributed by atoms with van der Waals surface area (Å²) in [7, 11) is 5.73. The molecular formula is C22H28N4O. The van der Waals surface area contributed by atoms with Gasteiger partial charge in [0.15, 0.2) is 11.6 Å². The van der Waals surface area contributed by atoms with Gasteiger partial charge in [-0.3, -0.25) is 0 Å². The van der Waals surface area contributed by atoms with Crippen molar-refractivity contribution >= 4 is 0 Å². The summed E-state index contributed by atoms with van der Waals surface area (Å²) in [6.45, 7) is 2.91. The molecule has 0 radical (unpaired) electrons. The molecule has 0 aliphatic heterocycles. The fraction of sp³-hybridized carbons (Fsp3) is 0.364. The van der Waals surface area contributed by atoms with E-state index in [1.165, 1.54) is 18.4 Å². The number of ether oxygens (including phenoxy) is 1. The summed E-state index contributed by atoms with van der Waals surface area (Å²) in [6, 6.07) is 16.6. The molecular weight excluding hydrogens is 336 g/mol. The molecule has 0 aliphatic rings. The third-order valence-corrected chi connectivity index (χ3v) is 4.41. The Bertz CT molecular complexity index is 886. The molecule has 0 N–H and O–H groups in total. The number of aryl methyl sites for hydroxylation is 1. The number of hydrogen-bond donors (Lipinski definition) is 0. The van der Waals surface area contributed by atoms with Gasteiger partial charge in [0.2, 0.25) is 0 Å². The summed E-state index contributed by atoms with van der Waals surface area (Å²) in [5, 5.41) is 4.77. The number of aromatic nitrogens is 3. The molecule has 1 aromatic heterocycles. The predicted octanol–water partition coefficient (Wildman–Crippen LogP) is 4.35. The minimum atomic E-state index is 0.694. The van der Waals surface area contributed by atoms with Crippen LogP contribution in [0.4, 0.5) is 0 Å². The molecule has 0 atom stereocenters. The van der Waals surface area contributed by atoms with Gasteiger partial charge in [0, 0.05) is 11.6 Å². The molecule has 27 heavy (non-hydrogen) atoms. The molecule has 0 spiro atoms. The lowest BCUT2D eigenvalue weighted by Crippen LogP contribution is -2.12. The van der Waals surface area contributed by atoms with Crippen LogP contribution in [0.5, 0.6) is 5.75 Å². The van der Waals surface area contributed by atoms with E-state index in [0.29, 0.717) is 6.54 Å². The first-order valence-corrected chi connectivity index (χ1v) is 9.45. The molecule has 0 fully saturated rings. The van der Waals surface area contributed by atoms with E-state index in [-0.39, 0.29) is 0 Å². The van der Waals surface area contributed by atoms with Crippen LogP contribution < -0.4 is 4.74 Å². The van der Waals surface area contributed by atoms with Crippen molar-refractivity contribution in [1.82, 2.24) is 19.7 Å². The zero-order valence-corrected chi connectivity index (χ0v) is 16.6. The Morgan fingerprint density at radius 3 is 2.63 bits per heavy atom. The Labute approximate surface area is 161 Å². The van der Waals surface area contributed by atoms with E-state index in [2.05, 4.69) is 36.1 Å². The number of nitrogens with zero attached hydrogens (tertiary/aromatic N) is 4. The van der Waals surface area contributed by atoms with Crippen molar-refractivity contribution in [3.05, 3.63) is 59.9 Å². The molecule has 2 aromatic carbocycles. The van der Waals surface area contributed by atoms with Crippen molar-refractivity contribution in [3.63, 3.8) is 0 Å². The highest BCUT2D eigenvalue weighted by atomic mass is 16.5. The zero-order chi connectivity index (χ0) is 19.2. The van der Waals surface area contributed by atoms with Gasteiger partial charge in [-0.2, -0.15) is 0 Å². The van der Waals surface area contributed by atoms with E-state index in [9.17, 15) is 0 Å². The van der Waals surface area contributed by atoms with Crippen LogP contribution in [0.3, 0.4) is 0 Å². The normalized spacial score (nSPS) is 11.1. The Kier molecular flexibility index (Phi) is 6.24. The topological polar surface area (TPSA) is 43.2 Å². The maximum absolute atomic E-state index is 5.39. The highest BCUT2D eigenvalue weighted by Gasteiger charge is 2.15. The van der Waals surface area contributed by atoms with Gasteiger partial charge in [0.25, 0.3) is 0 Å². The van der Waals surface area contributed by atoms with Gasteiger partial charge in [-0.15, -0.1) is 5.10 Å². The van der Waals surface area contributed by atoms with Crippen molar-refractivity contribution in [2.75, 3.05) is 21.2 Å². The van der Waals surface area contributed by atoms with Gasteiger partial charge in [-0.05, 0) is 50.7 Å². The molecule has 0 saturated heterocycles. The summed E-state index contributed by atoms with van der Waals surface area (Å²) in [5.41, 5.74) is 3.37. The fourth-order valence-electron chi connectivity index (χ4n) is 3.06. The Morgan fingerprint density at radius 2 is 1.89 bits per heavy atom. The van der Waals surface area contributed by atoms with Gasteiger partial charge in [-0.1, -0.05) is 37.6 Å². The van der Waals surface area contributed by atoms with Crippen LogP contribution in [-0.2, 0) is 13.0 Å². The molecule has 3 rings (SSSR count). The van der Waals surface area contributed by atoms with Gasteiger partial charge in [0.05, 0.1) is 19.3 Å². The Morgan fingerprint density at radius 1 is 1.07 bits per heavy atom. The molecule has 5 nitrogen and oxygen atoms in total. The van der Waals surface area contributed by atoms with E-state index in [1.807, 2.05) is 43.0 Å². The van der Waals surface area contributed by atoms with Crippen molar-refractivity contribution in [2.45, 2.75) is 32.7 Å². The lowest BCUT2D eigenvalue weighted by atomic mass is 10.1. The lowest BCUT2D eigenvalue weighted by Gasteiger charge is -2.09. The summed E-state index contributed by atoms with van der Waals surface area (Å²) >= 11 is 0. The number of benzene rings is 2. The zero-order valence-electron chi connectivity index (χ0n) is 16.6. The van der Waals surface area contributed by atoms with Crippen LogP contribution in [0.1, 0.15) is 31.2 Å². The summed E-state index contributed by atoms with van der Waals surface area (Å²) < 4.78 is 7.30. The molecule has 0 saturated carbocycles. The lowest BCUT2D eigenvalue weighted by molar-refractivity contribution is 0.390. The van der Waals surface area contributed by atoms with Crippen molar-refractivity contribution in [1.29, 1.82) is 0 Å². The number of hydrogen-bond acceptors (Lipinski definition) is 4. The Hall–Kier alpha value is -2.66. The van der Waals surface area contributed by atoms with Crippen LogP contribution in [0.2, 0.25) is 0 Å². The highest BCUT2D eigenvalue weighted by Crippen LogP contribution is 2.25. The van der Waals surface area contributed by atoms with Crippen LogP contribution in [0, 0.1) is 0 Å². The molecule has 0 amide bonds. The first kappa shape index (κ1) is 19.1. The second kappa shape index (κ2) is 8.82. The Balaban J connectivity index is 2.06. The van der Waals surface area contributed by atoms with Gasteiger partial charge in [-0.25, -0.2) is 9.67 Å². The third-order valence-electron chi connectivity index (χ3n) is 4.41. The van der Waals surface area contributed by atoms with E-state index in [0.717, 1.165) is 35.1 Å².